The van der Waals surface area contributed by atoms with Gasteiger partial charge in [-0.05, 0) is 45.4 Å². The first-order valence-corrected chi connectivity index (χ1v) is 9.51. The molecule has 1 N–H and O–H groups in total. The largest absolute Gasteiger partial charge is 0.443 e. The number of carbonyl (C=O) groups excluding carboxylic acids is 1. The summed E-state index contributed by atoms with van der Waals surface area (Å²) in [5.74, 6) is 0. The Morgan fingerprint density at radius 3 is 2.17 bits per heavy atom. The van der Waals surface area contributed by atoms with Gasteiger partial charge in [-0.3, -0.25) is 0 Å². The number of hydrogen-bond donors (Lipinski definition) is 1. The van der Waals surface area contributed by atoms with Crippen LogP contribution in [0.4, 0.5) is 4.79 Å². The Balaban J connectivity index is 1.74. The van der Waals surface area contributed by atoms with E-state index in [2.05, 4.69) is 15.5 Å². The second-order valence-corrected chi connectivity index (χ2v) is 7.32. The molecule has 5 nitrogen and oxygen atoms in total. The predicted molar refractivity (Wildman–Crippen MR) is 91.8 cm³/mol. The van der Waals surface area contributed by atoms with Gasteiger partial charge in [0.1, 0.15) is 5.60 Å². The van der Waals surface area contributed by atoms with E-state index in [9.17, 15) is 4.79 Å². The van der Waals surface area contributed by atoms with Crippen LogP contribution in [0.25, 0.3) is 0 Å². The molecule has 1 heterocycles. The molecular weight excluding hydrogens is 290 g/mol. The van der Waals surface area contributed by atoms with Crippen molar-refractivity contribution in [1.82, 2.24) is 5.32 Å². The first kappa shape index (κ1) is 18.2. The van der Waals surface area contributed by atoms with Gasteiger partial charge in [-0.25, -0.2) is 4.79 Å². The summed E-state index contributed by atoms with van der Waals surface area (Å²) in [5.41, 5.74) is -0.196. The number of rotatable bonds is 2. The number of ether oxygens (including phenoxy) is 1. The summed E-state index contributed by atoms with van der Waals surface area (Å²) < 4.78 is 5.49. The Bertz CT molecular complexity index is 380. The molecule has 1 saturated carbocycles. The second kappa shape index (κ2) is 9.89. The minimum Gasteiger partial charge on any atom is -0.443 e. The van der Waals surface area contributed by atoms with Crippen molar-refractivity contribution in [2.24, 2.45) is 10.2 Å². The molecular formula is C18H33N3O2. The van der Waals surface area contributed by atoms with E-state index in [0.717, 1.165) is 51.6 Å². The number of hydrogen-bond acceptors (Lipinski definition) is 4. The maximum Gasteiger partial charge on any atom is 0.407 e. The molecule has 2 rings (SSSR count). The molecule has 0 aromatic heterocycles. The van der Waals surface area contributed by atoms with Crippen molar-refractivity contribution in [2.75, 3.05) is 13.1 Å². The molecule has 0 aromatic carbocycles. The highest BCUT2D eigenvalue weighted by Crippen LogP contribution is 2.38. The second-order valence-electron chi connectivity index (χ2n) is 7.32. The van der Waals surface area contributed by atoms with Crippen molar-refractivity contribution >= 4 is 6.09 Å². The fourth-order valence-corrected chi connectivity index (χ4v) is 2.99. The van der Waals surface area contributed by atoms with Crippen LogP contribution < -0.4 is 5.32 Å². The Kier molecular flexibility index (Phi) is 7.83. The van der Waals surface area contributed by atoms with Crippen LogP contribution in [0, 0.1) is 0 Å². The van der Waals surface area contributed by atoms with Gasteiger partial charge in [-0.2, -0.15) is 10.2 Å². The van der Waals surface area contributed by atoms with Crippen molar-refractivity contribution in [3.63, 3.8) is 0 Å². The van der Waals surface area contributed by atoms with Gasteiger partial charge in [0.25, 0.3) is 0 Å². The zero-order valence-electron chi connectivity index (χ0n) is 14.7. The molecule has 1 unspecified atom stereocenters. The van der Waals surface area contributed by atoms with Crippen molar-refractivity contribution in [3.8, 4) is 0 Å². The van der Waals surface area contributed by atoms with E-state index >= 15 is 0 Å². The minimum absolute atomic E-state index is 0.196. The van der Waals surface area contributed by atoms with Crippen LogP contribution >= 0.6 is 0 Å². The van der Waals surface area contributed by atoms with Crippen LogP contribution in [-0.2, 0) is 4.74 Å². The van der Waals surface area contributed by atoms with Crippen molar-refractivity contribution in [3.05, 3.63) is 0 Å². The minimum atomic E-state index is -0.241. The quantitative estimate of drug-likeness (QED) is 0.777. The molecule has 1 aliphatic heterocycles. The third-order valence-corrected chi connectivity index (χ3v) is 4.84. The van der Waals surface area contributed by atoms with Crippen molar-refractivity contribution in [1.29, 1.82) is 0 Å². The van der Waals surface area contributed by atoms with E-state index in [1.807, 2.05) is 6.92 Å². The summed E-state index contributed by atoms with van der Waals surface area (Å²) in [4.78, 5) is 12.0. The first-order valence-electron chi connectivity index (χ1n) is 9.51. The van der Waals surface area contributed by atoms with E-state index in [-0.39, 0.29) is 17.7 Å². The average Bonchev–Trinajstić information content (AvgIpc) is 3.23. The SMILES string of the molecule is CC1(OC(=O)NC2CCCCCCCCCN=NCCC2)CC1. The van der Waals surface area contributed by atoms with Crippen LogP contribution in [0.5, 0.6) is 0 Å². The van der Waals surface area contributed by atoms with Gasteiger partial charge in [0.05, 0.1) is 13.1 Å². The maximum atomic E-state index is 12.0. The topological polar surface area (TPSA) is 63.0 Å². The molecule has 0 saturated heterocycles. The Morgan fingerprint density at radius 1 is 0.913 bits per heavy atom. The number of alkyl carbamates (subject to hydrolysis) is 1. The fourth-order valence-electron chi connectivity index (χ4n) is 2.99. The number of nitrogens with zero attached hydrogens (tertiary/aromatic N) is 2. The van der Waals surface area contributed by atoms with Gasteiger partial charge in [-0.1, -0.05) is 38.5 Å². The molecule has 1 amide bonds. The standard InChI is InChI=1S/C18H33N3O2/c1-18(12-13-18)23-17(22)21-16-10-7-5-3-2-4-6-8-14-19-20-15-9-11-16/h16H,2-15H2,1H3,(H,21,22). The fraction of sp³-hybridized carbons (Fsp3) is 0.944. The lowest BCUT2D eigenvalue weighted by Crippen LogP contribution is -2.37. The first-order chi connectivity index (χ1) is 11.2. The lowest BCUT2D eigenvalue weighted by Gasteiger charge is -2.20. The van der Waals surface area contributed by atoms with Gasteiger partial charge in [-0.15, -0.1) is 0 Å². The number of amides is 1. The summed E-state index contributed by atoms with van der Waals surface area (Å²) >= 11 is 0. The van der Waals surface area contributed by atoms with E-state index < -0.39 is 0 Å². The van der Waals surface area contributed by atoms with Crippen LogP contribution in [0.2, 0.25) is 0 Å². The Hall–Kier alpha value is -1.13. The van der Waals surface area contributed by atoms with Gasteiger partial charge in [0, 0.05) is 6.04 Å². The normalized spacial score (nSPS) is 26.6. The van der Waals surface area contributed by atoms with Crippen LogP contribution in [0.1, 0.15) is 84.0 Å². The lowest BCUT2D eigenvalue weighted by molar-refractivity contribution is 0.0894. The van der Waals surface area contributed by atoms with Crippen LogP contribution in [-0.4, -0.2) is 30.8 Å². The lowest BCUT2D eigenvalue weighted by atomic mass is 10.0. The predicted octanol–water partition coefficient (Wildman–Crippen LogP) is 5.00. The third kappa shape index (κ3) is 8.33. The summed E-state index contributed by atoms with van der Waals surface area (Å²) in [6, 6.07) is 0.213. The highest BCUT2D eigenvalue weighted by Gasteiger charge is 2.41. The van der Waals surface area contributed by atoms with E-state index in [1.54, 1.807) is 0 Å². The highest BCUT2D eigenvalue weighted by molar-refractivity contribution is 5.68. The van der Waals surface area contributed by atoms with Crippen LogP contribution in [0.15, 0.2) is 10.2 Å². The number of nitrogens with one attached hydrogen (secondary N) is 1. The smallest absolute Gasteiger partial charge is 0.407 e. The Labute approximate surface area is 140 Å². The molecule has 1 aliphatic carbocycles. The summed E-state index contributed by atoms with van der Waals surface area (Å²) in [6.07, 6.45) is 13.5. The maximum absolute atomic E-state index is 12.0. The summed E-state index contributed by atoms with van der Waals surface area (Å²) in [7, 11) is 0. The van der Waals surface area contributed by atoms with E-state index in [4.69, 9.17) is 4.74 Å². The van der Waals surface area contributed by atoms with Crippen molar-refractivity contribution in [2.45, 2.75) is 95.6 Å². The molecule has 1 fully saturated rings. The zero-order chi connectivity index (χ0) is 16.4. The van der Waals surface area contributed by atoms with Crippen LogP contribution in [0.3, 0.4) is 0 Å². The monoisotopic (exact) mass is 323 g/mol. The number of azo groups is 1. The molecule has 132 valence electrons. The van der Waals surface area contributed by atoms with Gasteiger partial charge >= 0.3 is 6.09 Å². The summed E-state index contributed by atoms with van der Waals surface area (Å²) in [5, 5.41) is 11.6. The Morgan fingerprint density at radius 2 is 1.48 bits per heavy atom. The van der Waals surface area contributed by atoms with Gasteiger partial charge in [0.15, 0.2) is 0 Å². The molecule has 2 aliphatic rings. The highest BCUT2D eigenvalue weighted by atomic mass is 16.6. The van der Waals surface area contributed by atoms with E-state index in [1.165, 1.54) is 38.5 Å². The summed E-state index contributed by atoms with van der Waals surface area (Å²) in [6.45, 7) is 3.64. The zero-order valence-corrected chi connectivity index (χ0v) is 14.7. The molecule has 0 radical (unpaired) electrons. The van der Waals surface area contributed by atoms with Gasteiger partial charge < -0.3 is 10.1 Å². The molecule has 1 atom stereocenters. The molecule has 0 aromatic rings. The van der Waals surface area contributed by atoms with Gasteiger partial charge in [0.2, 0.25) is 0 Å². The molecule has 23 heavy (non-hydrogen) atoms. The molecule has 0 bridgehead atoms. The number of carbonyl (C=O) groups is 1. The average molecular weight is 323 g/mol. The molecule has 5 heteroatoms. The van der Waals surface area contributed by atoms with Crippen molar-refractivity contribution < 1.29 is 9.53 Å². The third-order valence-electron chi connectivity index (χ3n) is 4.84. The van der Waals surface area contributed by atoms with E-state index in [0.29, 0.717) is 0 Å². The molecule has 0 spiro atoms.